The van der Waals surface area contributed by atoms with Crippen molar-refractivity contribution in [3.63, 3.8) is 0 Å². The van der Waals surface area contributed by atoms with Gasteiger partial charge in [0.1, 0.15) is 23.7 Å². The number of amides is 1. The minimum Gasteiger partial charge on any atom is -0.497 e. The highest BCUT2D eigenvalue weighted by Crippen LogP contribution is 2.18. The molecule has 0 N–H and O–H groups in total. The van der Waals surface area contributed by atoms with E-state index >= 15 is 0 Å². The summed E-state index contributed by atoms with van der Waals surface area (Å²) in [6.45, 7) is 5.82. The molecule has 0 saturated heterocycles. The summed E-state index contributed by atoms with van der Waals surface area (Å²) >= 11 is 0. The van der Waals surface area contributed by atoms with Gasteiger partial charge in [-0.25, -0.2) is 4.39 Å². The molecule has 0 aliphatic heterocycles. The van der Waals surface area contributed by atoms with Crippen LogP contribution in [0.5, 0.6) is 5.75 Å². The van der Waals surface area contributed by atoms with Gasteiger partial charge in [-0.2, -0.15) is 0 Å². The SMILES string of the molecule is COc1ccc(C(=O)N(CCN(C)C)CC(=O)OC(C)(C)C)c(F)c1. The van der Waals surface area contributed by atoms with Crippen molar-refractivity contribution in [2.45, 2.75) is 26.4 Å². The maximum atomic E-state index is 14.2. The molecule has 140 valence electrons. The van der Waals surface area contributed by atoms with Crippen molar-refractivity contribution in [1.82, 2.24) is 9.80 Å². The Morgan fingerprint density at radius 3 is 2.28 bits per heavy atom. The quantitative estimate of drug-likeness (QED) is 0.703. The Balaban J connectivity index is 2.97. The van der Waals surface area contributed by atoms with Gasteiger partial charge in [0.05, 0.1) is 12.7 Å². The molecule has 0 atom stereocenters. The number of benzene rings is 1. The van der Waals surface area contributed by atoms with E-state index < -0.39 is 23.3 Å². The summed E-state index contributed by atoms with van der Waals surface area (Å²) < 4.78 is 24.4. The Morgan fingerprint density at radius 1 is 1.16 bits per heavy atom. The molecule has 0 unspecified atom stereocenters. The Bertz CT molecular complexity index is 612. The molecular weight excluding hydrogens is 327 g/mol. The molecule has 1 amide bonds. The lowest BCUT2D eigenvalue weighted by Gasteiger charge is -2.26. The molecule has 1 rings (SSSR count). The van der Waals surface area contributed by atoms with Gasteiger partial charge in [0, 0.05) is 19.2 Å². The van der Waals surface area contributed by atoms with Gasteiger partial charge in [0.2, 0.25) is 0 Å². The minimum absolute atomic E-state index is 0.108. The number of rotatable bonds is 7. The normalized spacial score (nSPS) is 11.4. The molecule has 25 heavy (non-hydrogen) atoms. The fraction of sp³-hybridized carbons (Fsp3) is 0.556. The first-order valence-electron chi connectivity index (χ1n) is 8.03. The second-order valence-corrected chi connectivity index (χ2v) is 6.96. The third-order valence-electron chi connectivity index (χ3n) is 3.25. The van der Waals surface area contributed by atoms with E-state index in [4.69, 9.17) is 9.47 Å². The van der Waals surface area contributed by atoms with Crippen LogP contribution in [0.1, 0.15) is 31.1 Å². The molecule has 7 heteroatoms. The van der Waals surface area contributed by atoms with E-state index in [-0.39, 0.29) is 18.7 Å². The van der Waals surface area contributed by atoms with Crippen molar-refractivity contribution < 1.29 is 23.5 Å². The lowest BCUT2D eigenvalue weighted by atomic mass is 10.1. The standard InChI is InChI=1S/C18H27FN2O4/c1-18(2,3)25-16(22)12-21(10-9-20(4)5)17(23)14-8-7-13(24-6)11-15(14)19/h7-8,11H,9-10,12H2,1-6H3. The molecular formula is C18H27FN2O4. The molecule has 0 bridgehead atoms. The fourth-order valence-corrected chi connectivity index (χ4v) is 2.07. The highest BCUT2D eigenvalue weighted by molar-refractivity contribution is 5.96. The van der Waals surface area contributed by atoms with Crippen LogP contribution >= 0.6 is 0 Å². The van der Waals surface area contributed by atoms with Crippen molar-refractivity contribution in [2.75, 3.05) is 40.8 Å². The summed E-state index contributed by atoms with van der Waals surface area (Å²) in [6, 6.07) is 4.01. The van der Waals surface area contributed by atoms with Crippen molar-refractivity contribution >= 4 is 11.9 Å². The second kappa shape index (κ2) is 8.80. The van der Waals surface area contributed by atoms with E-state index in [9.17, 15) is 14.0 Å². The van der Waals surface area contributed by atoms with Crippen LogP contribution in [0.2, 0.25) is 0 Å². The number of methoxy groups -OCH3 is 1. The average molecular weight is 354 g/mol. The van der Waals surface area contributed by atoms with Crippen molar-refractivity contribution in [1.29, 1.82) is 0 Å². The summed E-state index contributed by atoms with van der Waals surface area (Å²) in [7, 11) is 5.12. The monoisotopic (exact) mass is 354 g/mol. The molecule has 0 aromatic heterocycles. The zero-order valence-electron chi connectivity index (χ0n) is 15.8. The fourth-order valence-electron chi connectivity index (χ4n) is 2.07. The van der Waals surface area contributed by atoms with E-state index in [1.165, 1.54) is 24.1 Å². The number of halogens is 1. The smallest absolute Gasteiger partial charge is 0.326 e. The summed E-state index contributed by atoms with van der Waals surface area (Å²) in [5, 5.41) is 0. The van der Waals surface area contributed by atoms with Crippen LogP contribution in [0.15, 0.2) is 18.2 Å². The molecule has 0 fully saturated rings. The molecule has 0 spiro atoms. The number of hydrogen-bond donors (Lipinski definition) is 0. The molecule has 6 nitrogen and oxygen atoms in total. The number of carbonyl (C=O) groups excluding carboxylic acids is 2. The highest BCUT2D eigenvalue weighted by Gasteiger charge is 2.25. The lowest BCUT2D eigenvalue weighted by Crippen LogP contribution is -2.42. The number of ether oxygens (including phenoxy) is 2. The van der Waals surface area contributed by atoms with E-state index in [2.05, 4.69) is 0 Å². The van der Waals surface area contributed by atoms with Gasteiger partial charge in [-0.3, -0.25) is 9.59 Å². The van der Waals surface area contributed by atoms with Gasteiger partial charge < -0.3 is 19.3 Å². The van der Waals surface area contributed by atoms with Gasteiger partial charge in [-0.1, -0.05) is 0 Å². The van der Waals surface area contributed by atoms with Crippen molar-refractivity contribution in [2.24, 2.45) is 0 Å². The van der Waals surface area contributed by atoms with Crippen LogP contribution in [0.3, 0.4) is 0 Å². The van der Waals surface area contributed by atoms with Crippen LogP contribution in [0, 0.1) is 5.82 Å². The number of carbonyl (C=O) groups is 2. The van der Waals surface area contributed by atoms with Crippen LogP contribution in [-0.2, 0) is 9.53 Å². The van der Waals surface area contributed by atoms with Gasteiger partial charge in [-0.15, -0.1) is 0 Å². The Labute approximate surface area is 148 Å². The van der Waals surface area contributed by atoms with Gasteiger partial charge in [0.25, 0.3) is 5.91 Å². The predicted octanol–water partition coefficient (Wildman–Crippen LogP) is 2.18. The zero-order chi connectivity index (χ0) is 19.2. The van der Waals surface area contributed by atoms with Crippen LogP contribution in [0.25, 0.3) is 0 Å². The summed E-state index contributed by atoms with van der Waals surface area (Å²) in [4.78, 5) is 28.0. The topological polar surface area (TPSA) is 59.1 Å². The van der Waals surface area contributed by atoms with Crippen LogP contribution in [0.4, 0.5) is 4.39 Å². The summed E-state index contributed by atoms with van der Waals surface area (Å²) in [5.74, 6) is -1.47. The number of esters is 1. The van der Waals surface area contributed by atoms with Gasteiger partial charge in [0.15, 0.2) is 0 Å². The highest BCUT2D eigenvalue weighted by atomic mass is 19.1. The Hall–Kier alpha value is -2.15. The predicted molar refractivity (Wildman–Crippen MR) is 93.3 cm³/mol. The van der Waals surface area contributed by atoms with E-state index in [0.29, 0.717) is 12.3 Å². The van der Waals surface area contributed by atoms with E-state index in [0.717, 1.165) is 6.07 Å². The number of nitrogens with zero attached hydrogens (tertiary/aromatic N) is 2. The van der Waals surface area contributed by atoms with Crippen LogP contribution in [-0.4, -0.2) is 68.1 Å². The first-order chi connectivity index (χ1) is 11.5. The molecule has 0 aliphatic rings. The Morgan fingerprint density at radius 2 is 1.80 bits per heavy atom. The van der Waals surface area contributed by atoms with Crippen LogP contribution < -0.4 is 4.74 Å². The van der Waals surface area contributed by atoms with E-state index in [1.807, 2.05) is 19.0 Å². The van der Waals surface area contributed by atoms with Crippen molar-refractivity contribution in [3.05, 3.63) is 29.6 Å². The summed E-state index contributed by atoms with van der Waals surface area (Å²) in [5.41, 5.74) is -0.762. The maximum absolute atomic E-state index is 14.2. The van der Waals surface area contributed by atoms with Gasteiger partial charge >= 0.3 is 5.97 Å². The summed E-state index contributed by atoms with van der Waals surface area (Å²) in [6.07, 6.45) is 0. The van der Waals surface area contributed by atoms with Gasteiger partial charge in [-0.05, 0) is 47.0 Å². The second-order valence-electron chi connectivity index (χ2n) is 6.96. The minimum atomic E-state index is -0.691. The number of likely N-dealkylation sites (N-methyl/N-ethyl adjacent to an activating group) is 1. The average Bonchev–Trinajstić information content (AvgIpc) is 2.48. The van der Waals surface area contributed by atoms with E-state index in [1.54, 1.807) is 20.8 Å². The molecule has 1 aromatic carbocycles. The molecule has 0 heterocycles. The molecule has 0 radical (unpaired) electrons. The first-order valence-corrected chi connectivity index (χ1v) is 8.03. The zero-order valence-corrected chi connectivity index (χ0v) is 15.8. The first kappa shape index (κ1) is 20.9. The third-order valence-corrected chi connectivity index (χ3v) is 3.25. The lowest BCUT2D eigenvalue weighted by molar-refractivity contribution is -0.155. The Kier molecular flexibility index (Phi) is 7.36. The molecule has 1 aromatic rings. The number of hydrogen-bond acceptors (Lipinski definition) is 5. The molecule has 0 aliphatic carbocycles. The molecule has 0 saturated carbocycles. The third kappa shape index (κ3) is 7.09. The van der Waals surface area contributed by atoms with Crippen molar-refractivity contribution in [3.8, 4) is 5.75 Å². The maximum Gasteiger partial charge on any atom is 0.326 e. The largest absolute Gasteiger partial charge is 0.497 e.